The highest BCUT2D eigenvalue weighted by Crippen LogP contribution is 2.33. The maximum atomic E-state index is 13.3. The first kappa shape index (κ1) is 46.4. The number of fused-ring (bicyclic) bond motifs is 2. The van der Waals surface area contributed by atoms with Gasteiger partial charge < -0.3 is 46.0 Å². The van der Waals surface area contributed by atoms with Crippen molar-refractivity contribution in [3.05, 3.63) is 94.7 Å². The van der Waals surface area contributed by atoms with Crippen LogP contribution >= 0.6 is 0 Å². The van der Waals surface area contributed by atoms with E-state index in [1.54, 1.807) is 48.9 Å². The van der Waals surface area contributed by atoms with E-state index in [0.29, 0.717) is 36.3 Å². The molecule has 21 heteroatoms. The van der Waals surface area contributed by atoms with E-state index >= 15 is 0 Å². The summed E-state index contributed by atoms with van der Waals surface area (Å²) in [6.45, 7) is 4.44. The second-order valence-corrected chi connectivity index (χ2v) is 15.1. The Morgan fingerprint density at radius 3 is 2.51 bits per heavy atom. The minimum Gasteiger partial charge on any atom is -0.492 e. The third-order valence-corrected chi connectivity index (χ3v) is 10.2. The largest absolute Gasteiger partial charge is 0.492 e. The summed E-state index contributed by atoms with van der Waals surface area (Å²) >= 11 is 0. The molecule has 0 radical (unpaired) electrons. The number of imidazole rings is 1. The molecule has 1 aromatic heterocycles. The third kappa shape index (κ3) is 11.3. The van der Waals surface area contributed by atoms with Crippen molar-refractivity contribution >= 4 is 70.1 Å². The van der Waals surface area contributed by atoms with E-state index in [-0.39, 0.29) is 84.9 Å². The van der Waals surface area contributed by atoms with Gasteiger partial charge >= 0.3 is 6.03 Å². The molecule has 1 fully saturated rings. The van der Waals surface area contributed by atoms with Crippen molar-refractivity contribution < 1.29 is 47.8 Å². The zero-order valence-corrected chi connectivity index (χ0v) is 35.9. The van der Waals surface area contributed by atoms with Crippen molar-refractivity contribution in [2.45, 2.75) is 52.2 Å². The molecule has 2 aliphatic heterocycles. The lowest BCUT2D eigenvalue weighted by atomic mass is 10.0. The fourth-order valence-electron chi connectivity index (χ4n) is 7.18. The molecule has 9 amide bonds. The maximum absolute atomic E-state index is 13.3. The quantitative estimate of drug-likeness (QED) is 0.0290. The lowest BCUT2D eigenvalue weighted by Gasteiger charge is -2.27. The molecule has 65 heavy (non-hydrogen) atoms. The fourth-order valence-corrected chi connectivity index (χ4v) is 7.18. The number of amides is 9. The molecule has 1 atom stereocenters. The number of carbonyl (C=O) groups is 8. The smallest absolute Gasteiger partial charge is 0.317 e. The predicted octanol–water partition coefficient (Wildman–Crippen LogP) is 1.81. The van der Waals surface area contributed by atoms with Gasteiger partial charge in [0.25, 0.3) is 23.6 Å². The molecule has 21 nitrogen and oxygen atoms in total. The van der Waals surface area contributed by atoms with Gasteiger partial charge in [-0.25, -0.2) is 9.78 Å². The highest BCUT2D eigenvalue weighted by atomic mass is 16.5. The minimum atomic E-state index is -1.14. The summed E-state index contributed by atoms with van der Waals surface area (Å²) in [6, 6.07) is 14.8. The number of carbonyl (C=O) groups excluding carboxylic acids is 8. The topological polar surface area (TPSA) is 289 Å². The van der Waals surface area contributed by atoms with Gasteiger partial charge in [-0.1, -0.05) is 18.2 Å². The van der Waals surface area contributed by atoms with Crippen LogP contribution in [0, 0.1) is 5.41 Å². The van der Waals surface area contributed by atoms with Gasteiger partial charge in [0, 0.05) is 50.9 Å². The Morgan fingerprint density at radius 2 is 1.77 bits per heavy atom. The monoisotopic (exact) mass is 891 g/mol. The van der Waals surface area contributed by atoms with Gasteiger partial charge in [-0.15, -0.1) is 0 Å². The van der Waals surface area contributed by atoms with E-state index < -0.39 is 54.0 Å². The first-order valence-electron chi connectivity index (χ1n) is 20.7. The van der Waals surface area contributed by atoms with Gasteiger partial charge in [-0.3, -0.25) is 49.1 Å². The van der Waals surface area contributed by atoms with Crippen LogP contribution in [0.1, 0.15) is 69.7 Å². The van der Waals surface area contributed by atoms with Gasteiger partial charge in [0.2, 0.25) is 23.7 Å². The van der Waals surface area contributed by atoms with E-state index in [0.717, 1.165) is 10.5 Å². The molecule has 8 N–H and O–H groups in total. The van der Waals surface area contributed by atoms with Crippen molar-refractivity contribution in [3.63, 3.8) is 0 Å². The van der Waals surface area contributed by atoms with Gasteiger partial charge in [-0.05, 0) is 80.8 Å². The fraction of sp³-hybridized carbons (Fsp3) is 0.318. The number of hydrogen-bond acceptors (Lipinski definition) is 13. The zero-order valence-electron chi connectivity index (χ0n) is 35.9. The Labute approximate surface area is 372 Å². The number of nitrogens with two attached hydrogens (primary N) is 1. The number of piperidine rings is 1. The highest BCUT2D eigenvalue weighted by molar-refractivity contribution is 6.24. The predicted molar refractivity (Wildman–Crippen MR) is 235 cm³/mol. The molecule has 0 bridgehead atoms. The molecule has 340 valence electrons. The number of imide groups is 2. The van der Waals surface area contributed by atoms with Gasteiger partial charge in [0.15, 0.2) is 6.61 Å². The number of urea groups is 1. The number of anilines is 1. The van der Waals surface area contributed by atoms with E-state index in [2.05, 4.69) is 31.6 Å². The molecule has 1 saturated heterocycles. The average Bonchev–Trinajstić information content (AvgIpc) is 3.74. The van der Waals surface area contributed by atoms with E-state index in [1.165, 1.54) is 35.2 Å². The number of aryl methyl sites for hydroxylation is 1. The van der Waals surface area contributed by atoms with Crippen LogP contribution in [-0.4, -0.2) is 118 Å². The van der Waals surface area contributed by atoms with Crippen molar-refractivity contribution in [2.24, 2.45) is 5.73 Å². The van der Waals surface area contributed by atoms with Crippen molar-refractivity contribution in [1.29, 1.82) is 5.41 Å². The normalized spacial score (nSPS) is 14.7. The third-order valence-electron chi connectivity index (χ3n) is 10.2. The first-order chi connectivity index (χ1) is 31.1. The molecular formula is C44H49N11O10. The van der Waals surface area contributed by atoms with Crippen LogP contribution in [-0.2, 0) is 32.3 Å². The van der Waals surface area contributed by atoms with Crippen molar-refractivity contribution in [1.82, 2.24) is 40.6 Å². The summed E-state index contributed by atoms with van der Waals surface area (Å²) < 4.78 is 13.2. The SMILES string of the molecule is CCN/C(=C\C(C)=N)C(=O)Nc1nc2cc(C(N)=O)ccc2n1CCCNC(=O)N(C)Cc1cccc(OCCNC(=O)COc2cccc3c2C(=O)N(C2CCC(=O)NC2=O)C3=O)c1. The van der Waals surface area contributed by atoms with Crippen LogP contribution in [0.25, 0.3) is 11.0 Å². The van der Waals surface area contributed by atoms with Crippen molar-refractivity contribution in [3.8, 4) is 11.5 Å². The summed E-state index contributed by atoms with van der Waals surface area (Å²) in [4.78, 5) is 108. The van der Waals surface area contributed by atoms with Crippen LogP contribution in [0.5, 0.6) is 11.5 Å². The summed E-state index contributed by atoms with van der Waals surface area (Å²) in [5.41, 5.74) is 7.92. The van der Waals surface area contributed by atoms with Gasteiger partial charge in [-0.2, -0.15) is 0 Å². The minimum absolute atomic E-state index is 0.00263. The molecule has 3 aromatic carbocycles. The number of nitrogens with one attached hydrogen (secondary N) is 6. The summed E-state index contributed by atoms with van der Waals surface area (Å²) in [6.07, 6.45) is 1.85. The number of primary amides is 1. The Kier molecular flexibility index (Phi) is 14.9. The number of hydrogen-bond donors (Lipinski definition) is 7. The summed E-state index contributed by atoms with van der Waals surface area (Å²) in [7, 11) is 1.64. The van der Waals surface area contributed by atoms with E-state index in [1.807, 2.05) is 13.0 Å². The van der Waals surface area contributed by atoms with Crippen LogP contribution in [0.2, 0.25) is 0 Å². The number of nitrogens with zero attached hydrogens (tertiary/aromatic N) is 4. The van der Waals surface area contributed by atoms with Crippen LogP contribution in [0.15, 0.2) is 72.4 Å². The van der Waals surface area contributed by atoms with Gasteiger partial charge in [0.1, 0.15) is 29.8 Å². The Bertz CT molecular complexity index is 2600. The van der Waals surface area contributed by atoms with Crippen LogP contribution < -0.4 is 41.8 Å². The molecule has 0 spiro atoms. The number of likely N-dealkylation sites (N-methyl/N-ethyl adjacent to an activating group) is 1. The Morgan fingerprint density at radius 1 is 0.985 bits per heavy atom. The lowest BCUT2D eigenvalue weighted by Crippen LogP contribution is -2.54. The maximum Gasteiger partial charge on any atom is 0.317 e. The first-order valence-corrected chi connectivity index (χ1v) is 20.7. The molecule has 6 rings (SSSR count). The molecule has 1 unspecified atom stereocenters. The van der Waals surface area contributed by atoms with Gasteiger partial charge in [0.05, 0.1) is 28.7 Å². The number of allylic oxidation sites excluding steroid dienone is 1. The number of rotatable bonds is 20. The Hall–Kier alpha value is -8.10. The molecule has 2 aliphatic rings. The lowest BCUT2D eigenvalue weighted by molar-refractivity contribution is -0.136. The second-order valence-electron chi connectivity index (χ2n) is 15.1. The molecule has 3 heterocycles. The van der Waals surface area contributed by atoms with E-state index in [4.69, 9.17) is 20.6 Å². The van der Waals surface area contributed by atoms with E-state index in [9.17, 15) is 38.4 Å². The number of ether oxygens (including phenoxy) is 2. The van der Waals surface area contributed by atoms with Crippen LogP contribution in [0.4, 0.5) is 10.7 Å². The molecule has 0 saturated carbocycles. The number of benzene rings is 3. The summed E-state index contributed by atoms with van der Waals surface area (Å²) in [5, 5.41) is 21.3. The zero-order chi connectivity index (χ0) is 46.8. The highest BCUT2D eigenvalue weighted by Gasteiger charge is 2.46. The second kappa shape index (κ2) is 20.8. The van der Waals surface area contributed by atoms with Crippen LogP contribution in [0.3, 0.4) is 0 Å². The summed E-state index contributed by atoms with van der Waals surface area (Å²) in [5.74, 6) is -3.57. The molecule has 4 aromatic rings. The standard InChI is InChI=1S/C44H49N11O10/c1-4-47-31(20-25(2)45)39(59)52-43-50-30-22-27(38(46)58)12-13-32(30)54(43)18-7-16-49-44(63)53(3)23-26-8-5-9-28(21-26)64-19-17-48-36(57)24-65-34-11-6-10-29-37(34)42(62)55(41(29)61)33-14-15-35(56)51-40(33)60/h5-6,8-13,20-22,33,45,47H,4,7,14-19,23-24H2,1-3H3,(H2,46,58)(H,48,57)(H,49,63)(H,50,52,59)(H,51,56,60)/b31-20-,45-25?. The number of aromatic nitrogens is 2. The van der Waals surface area contributed by atoms with Crippen molar-refractivity contribution in [2.75, 3.05) is 45.2 Å². The molecular weight excluding hydrogens is 843 g/mol. The Balaban J connectivity index is 0.948. The molecule has 0 aliphatic carbocycles. The average molecular weight is 892 g/mol.